The van der Waals surface area contributed by atoms with Crippen LogP contribution < -0.4 is 11.1 Å². The van der Waals surface area contributed by atoms with Crippen LogP contribution in [0.4, 0.5) is 11.5 Å². The number of nitrogen functional groups attached to an aromatic ring is 1. The van der Waals surface area contributed by atoms with E-state index in [9.17, 15) is 4.79 Å². The van der Waals surface area contributed by atoms with Crippen LogP contribution in [0.2, 0.25) is 5.02 Å². The van der Waals surface area contributed by atoms with E-state index in [-0.39, 0.29) is 12.3 Å². The number of H-pyrrole nitrogens is 1. The van der Waals surface area contributed by atoms with Crippen molar-refractivity contribution in [2.75, 3.05) is 11.1 Å². The molecule has 0 bridgehead atoms. The predicted octanol–water partition coefficient (Wildman–Crippen LogP) is 5.47. The number of halogens is 1. The molecule has 3 heterocycles. The standard InChI is InChI=1S/C24H19ClN6OS/c1-13-29-21(22(30-13)19-11-17-23(26)27-12-28-24(17)33-19)15-6-4-7-16(9-15)31-20(32)10-14-5-2-3-8-18(14)25/h2-9,11-12H,10H2,1H3,(H,29,30)(H,31,32)(H2,26,27,28). The van der Waals surface area contributed by atoms with Crippen molar-refractivity contribution in [3.63, 3.8) is 0 Å². The second kappa shape index (κ2) is 8.65. The maximum absolute atomic E-state index is 12.6. The van der Waals surface area contributed by atoms with Gasteiger partial charge in [0, 0.05) is 16.3 Å². The molecule has 1 amide bonds. The Labute approximate surface area is 198 Å². The van der Waals surface area contributed by atoms with Gasteiger partial charge in [-0.1, -0.05) is 41.9 Å². The minimum absolute atomic E-state index is 0.141. The first-order valence-corrected chi connectivity index (χ1v) is 11.4. The summed E-state index contributed by atoms with van der Waals surface area (Å²) in [4.78, 5) is 30.8. The first-order valence-electron chi connectivity index (χ1n) is 10.2. The first kappa shape index (κ1) is 21.1. The van der Waals surface area contributed by atoms with E-state index in [1.165, 1.54) is 17.7 Å². The van der Waals surface area contributed by atoms with Gasteiger partial charge in [0.15, 0.2) is 0 Å². The highest BCUT2D eigenvalue weighted by Crippen LogP contribution is 2.38. The smallest absolute Gasteiger partial charge is 0.228 e. The van der Waals surface area contributed by atoms with Crippen molar-refractivity contribution in [3.8, 4) is 21.8 Å². The number of carbonyl (C=O) groups excluding carboxylic acids is 1. The van der Waals surface area contributed by atoms with Crippen molar-refractivity contribution in [1.29, 1.82) is 0 Å². The number of aromatic amines is 1. The summed E-state index contributed by atoms with van der Waals surface area (Å²) in [6.07, 6.45) is 1.66. The Morgan fingerprint density at radius 1 is 1.15 bits per heavy atom. The molecule has 0 radical (unpaired) electrons. The lowest BCUT2D eigenvalue weighted by Gasteiger charge is -2.08. The fraction of sp³-hybridized carbons (Fsp3) is 0.0833. The van der Waals surface area contributed by atoms with Crippen LogP contribution in [0, 0.1) is 6.92 Å². The molecule has 4 N–H and O–H groups in total. The average molecular weight is 475 g/mol. The van der Waals surface area contributed by atoms with Crippen LogP contribution in [-0.2, 0) is 11.2 Å². The molecule has 0 fully saturated rings. The molecular weight excluding hydrogens is 456 g/mol. The molecule has 33 heavy (non-hydrogen) atoms. The van der Waals surface area contributed by atoms with Gasteiger partial charge >= 0.3 is 0 Å². The van der Waals surface area contributed by atoms with Crippen molar-refractivity contribution < 1.29 is 4.79 Å². The minimum Gasteiger partial charge on any atom is -0.383 e. The van der Waals surface area contributed by atoms with E-state index in [0.717, 1.165) is 43.4 Å². The van der Waals surface area contributed by atoms with Gasteiger partial charge < -0.3 is 16.0 Å². The van der Waals surface area contributed by atoms with Gasteiger partial charge in [0.05, 0.1) is 28.1 Å². The zero-order chi connectivity index (χ0) is 22.9. The number of hydrogen-bond donors (Lipinski definition) is 3. The second-order valence-electron chi connectivity index (χ2n) is 7.53. The Hall–Kier alpha value is -3.75. The number of amides is 1. The Bertz CT molecular complexity index is 1490. The second-order valence-corrected chi connectivity index (χ2v) is 8.97. The van der Waals surface area contributed by atoms with Gasteiger partial charge in [-0.3, -0.25) is 4.79 Å². The fourth-order valence-electron chi connectivity index (χ4n) is 3.64. The molecule has 0 unspecified atom stereocenters. The number of aromatic nitrogens is 4. The molecule has 0 saturated heterocycles. The number of benzene rings is 2. The molecule has 9 heteroatoms. The number of aryl methyl sites for hydroxylation is 1. The van der Waals surface area contributed by atoms with Crippen molar-refractivity contribution >= 4 is 50.6 Å². The van der Waals surface area contributed by atoms with Crippen LogP contribution >= 0.6 is 22.9 Å². The Morgan fingerprint density at radius 2 is 2.00 bits per heavy atom. The summed E-state index contributed by atoms with van der Waals surface area (Å²) < 4.78 is 0. The number of nitrogens with two attached hydrogens (primary N) is 1. The molecule has 5 rings (SSSR count). The van der Waals surface area contributed by atoms with E-state index in [2.05, 4.69) is 20.3 Å². The van der Waals surface area contributed by atoms with Gasteiger partial charge in [0.1, 0.15) is 22.8 Å². The average Bonchev–Trinajstić information content (AvgIpc) is 3.40. The summed E-state index contributed by atoms with van der Waals surface area (Å²) in [5.41, 5.74) is 10.0. The first-order chi connectivity index (χ1) is 16.0. The van der Waals surface area contributed by atoms with Crippen LogP contribution in [-0.4, -0.2) is 25.8 Å². The largest absolute Gasteiger partial charge is 0.383 e. The number of carbonyl (C=O) groups is 1. The topological polar surface area (TPSA) is 110 Å². The summed E-state index contributed by atoms with van der Waals surface area (Å²) in [6.45, 7) is 1.91. The summed E-state index contributed by atoms with van der Waals surface area (Å²) in [6, 6.07) is 16.9. The number of nitrogens with one attached hydrogen (secondary N) is 2. The van der Waals surface area contributed by atoms with Crippen LogP contribution in [0.3, 0.4) is 0 Å². The normalized spacial score (nSPS) is 11.1. The van der Waals surface area contributed by atoms with Crippen LogP contribution in [0.25, 0.3) is 32.0 Å². The van der Waals surface area contributed by atoms with Crippen molar-refractivity contribution in [3.05, 3.63) is 77.3 Å². The lowest BCUT2D eigenvalue weighted by atomic mass is 10.1. The lowest BCUT2D eigenvalue weighted by Crippen LogP contribution is -2.14. The van der Waals surface area contributed by atoms with Gasteiger partial charge in [-0.25, -0.2) is 15.0 Å². The van der Waals surface area contributed by atoms with Gasteiger partial charge in [-0.15, -0.1) is 11.3 Å². The van der Waals surface area contributed by atoms with Gasteiger partial charge in [-0.05, 0) is 36.8 Å². The zero-order valence-electron chi connectivity index (χ0n) is 17.6. The summed E-state index contributed by atoms with van der Waals surface area (Å²) >= 11 is 7.71. The fourth-order valence-corrected chi connectivity index (χ4v) is 4.85. The van der Waals surface area contributed by atoms with E-state index in [1.807, 2.05) is 55.5 Å². The molecule has 7 nitrogen and oxygen atoms in total. The number of anilines is 2. The van der Waals surface area contributed by atoms with E-state index >= 15 is 0 Å². The molecular formula is C24H19ClN6OS. The van der Waals surface area contributed by atoms with E-state index in [0.29, 0.717) is 16.5 Å². The quantitative estimate of drug-likeness (QED) is 0.312. The van der Waals surface area contributed by atoms with E-state index < -0.39 is 0 Å². The number of rotatable bonds is 5. The molecule has 2 aromatic carbocycles. The summed E-state index contributed by atoms with van der Waals surface area (Å²) in [7, 11) is 0. The highest BCUT2D eigenvalue weighted by atomic mass is 35.5. The highest BCUT2D eigenvalue weighted by Gasteiger charge is 2.17. The number of thiophene rings is 1. The zero-order valence-corrected chi connectivity index (χ0v) is 19.2. The molecule has 0 saturated carbocycles. The third kappa shape index (κ3) is 4.30. The van der Waals surface area contributed by atoms with Gasteiger partial charge in [0.25, 0.3) is 0 Å². The number of hydrogen-bond acceptors (Lipinski definition) is 6. The molecule has 0 aliphatic carbocycles. The Balaban J connectivity index is 1.45. The molecule has 3 aromatic heterocycles. The maximum atomic E-state index is 12.6. The van der Waals surface area contributed by atoms with E-state index in [1.54, 1.807) is 6.07 Å². The predicted molar refractivity (Wildman–Crippen MR) is 133 cm³/mol. The van der Waals surface area contributed by atoms with Crippen LogP contribution in [0.15, 0.2) is 60.9 Å². The third-order valence-electron chi connectivity index (χ3n) is 5.16. The lowest BCUT2D eigenvalue weighted by molar-refractivity contribution is -0.115. The molecule has 164 valence electrons. The number of imidazole rings is 1. The van der Waals surface area contributed by atoms with Gasteiger partial charge in [0.2, 0.25) is 5.91 Å². The Morgan fingerprint density at radius 3 is 2.82 bits per heavy atom. The number of fused-ring (bicyclic) bond motifs is 1. The summed E-state index contributed by atoms with van der Waals surface area (Å²) in [5.74, 6) is 1.09. The van der Waals surface area contributed by atoms with Crippen LogP contribution in [0.1, 0.15) is 11.4 Å². The molecule has 0 atom stereocenters. The number of nitrogens with zero attached hydrogens (tertiary/aromatic N) is 3. The monoisotopic (exact) mass is 474 g/mol. The SMILES string of the molecule is Cc1nc(-c2cccc(NC(=O)Cc3ccccc3Cl)c2)c(-c2cc3c(N)ncnc3s2)[nH]1. The molecule has 5 aromatic rings. The summed E-state index contributed by atoms with van der Waals surface area (Å²) in [5, 5.41) is 4.35. The van der Waals surface area contributed by atoms with Crippen LogP contribution in [0.5, 0.6) is 0 Å². The van der Waals surface area contributed by atoms with E-state index in [4.69, 9.17) is 22.3 Å². The molecule has 0 spiro atoms. The van der Waals surface area contributed by atoms with Crippen molar-refractivity contribution in [2.24, 2.45) is 0 Å². The van der Waals surface area contributed by atoms with Crippen molar-refractivity contribution in [2.45, 2.75) is 13.3 Å². The van der Waals surface area contributed by atoms with Gasteiger partial charge in [-0.2, -0.15) is 0 Å². The van der Waals surface area contributed by atoms with Crippen molar-refractivity contribution in [1.82, 2.24) is 19.9 Å². The molecule has 0 aliphatic rings. The molecule has 0 aliphatic heterocycles. The minimum atomic E-state index is -0.141. The highest BCUT2D eigenvalue weighted by molar-refractivity contribution is 7.21. The Kier molecular flexibility index (Phi) is 5.53. The maximum Gasteiger partial charge on any atom is 0.228 e. The third-order valence-corrected chi connectivity index (χ3v) is 6.59.